The lowest BCUT2D eigenvalue weighted by molar-refractivity contribution is -0.147. The van der Waals surface area contributed by atoms with Crippen LogP contribution in [0.25, 0.3) is 11.0 Å². The molecule has 1 heterocycles. The Balaban J connectivity index is 1.64. The maximum atomic E-state index is 12.0. The summed E-state index contributed by atoms with van der Waals surface area (Å²) in [6, 6.07) is 12.7. The molecular formula is C19H21N3O3. The number of benzene rings is 2. The van der Waals surface area contributed by atoms with Crippen molar-refractivity contribution in [2.24, 2.45) is 0 Å². The highest BCUT2D eigenvalue weighted by molar-refractivity contribution is 5.73. The summed E-state index contributed by atoms with van der Waals surface area (Å²) in [5.41, 5.74) is 3.00. The highest BCUT2D eigenvalue weighted by atomic mass is 16.7. The van der Waals surface area contributed by atoms with E-state index in [9.17, 15) is 9.90 Å². The van der Waals surface area contributed by atoms with Crippen LogP contribution in [0.4, 0.5) is 0 Å². The summed E-state index contributed by atoms with van der Waals surface area (Å²) in [7, 11) is 0. The van der Waals surface area contributed by atoms with Crippen molar-refractivity contribution in [3.8, 4) is 5.75 Å². The van der Waals surface area contributed by atoms with Crippen molar-refractivity contribution in [2.75, 3.05) is 0 Å². The molecule has 130 valence electrons. The number of carbonyl (C=O) groups excluding carboxylic acids is 1. The normalized spacial score (nSPS) is 11.6. The van der Waals surface area contributed by atoms with Gasteiger partial charge in [0.1, 0.15) is 16.8 Å². The van der Waals surface area contributed by atoms with E-state index >= 15 is 0 Å². The predicted octanol–water partition coefficient (Wildman–Crippen LogP) is 3.02. The van der Waals surface area contributed by atoms with E-state index in [-0.39, 0.29) is 17.6 Å². The average Bonchev–Trinajstić information content (AvgIpc) is 2.95. The molecule has 0 aliphatic heterocycles. The Hall–Kier alpha value is -2.89. The maximum Gasteiger partial charge on any atom is 0.337 e. The Morgan fingerprint density at radius 2 is 1.76 bits per heavy atom. The number of fused-ring (bicyclic) bond motifs is 1. The van der Waals surface area contributed by atoms with Crippen LogP contribution in [0.5, 0.6) is 5.75 Å². The molecule has 0 fully saturated rings. The highest BCUT2D eigenvalue weighted by Gasteiger charge is 2.18. The van der Waals surface area contributed by atoms with E-state index in [1.807, 2.05) is 45.0 Å². The topological polar surface area (TPSA) is 77.2 Å². The van der Waals surface area contributed by atoms with Crippen LogP contribution < -0.4 is 4.84 Å². The van der Waals surface area contributed by atoms with Gasteiger partial charge in [-0.1, -0.05) is 45.0 Å². The maximum absolute atomic E-state index is 12.0. The molecule has 0 saturated carbocycles. The van der Waals surface area contributed by atoms with Gasteiger partial charge in [0, 0.05) is 4.96 Å². The van der Waals surface area contributed by atoms with Gasteiger partial charge in [-0.05, 0) is 41.2 Å². The molecule has 6 heteroatoms. The summed E-state index contributed by atoms with van der Waals surface area (Å²) in [6.07, 6.45) is 0.717. The molecule has 0 aliphatic carbocycles. The lowest BCUT2D eigenvalue weighted by Crippen LogP contribution is -2.22. The van der Waals surface area contributed by atoms with Crippen LogP contribution in [0.3, 0.4) is 0 Å². The zero-order valence-corrected chi connectivity index (χ0v) is 14.6. The lowest BCUT2D eigenvalue weighted by Gasteiger charge is -2.21. The van der Waals surface area contributed by atoms with Gasteiger partial charge in [-0.3, -0.25) is 0 Å². The van der Waals surface area contributed by atoms with E-state index in [1.54, 1.807) is 18.2 Å². The molecule has 3 rings (SSSR count). The standard InChI is InChI=1S/C19H21N3O3/c1-19(2,3)14-12-13(8-10-17(14)23)9-11-18(24)25-22-20-15-6-4-5-7-16(15)21-22/h4-8,10,12,23H,9,11H2,1-3H3. The van der Waals surface area contributed by atoms with E-state index in [4.69, 9.17) is 4.84 Å². The summed E-state index contributed by atoms with van der Waals surface area (Å²) < 4.78 is 0. The van der Waals surface area contributed by atoms with Gasteiger partial charge >= 0.3 is 5.97 Å². The fourth-order valence-corrected chi connectivity index (χ4v) is 2.60. The van der Waals surface area contributed by atoms with Crippen LogP contribution in [-0.4, -0.2) is 26.2 Å². The molecule has 0 bridgehead atoms. The zero-order chi connectivity index (χ0) is 18.0. The van der Waals surface area contributed by atoms with Crippen LogP contribution in [0.2, 0.25) is 0 Å². The van der Waals surface area contributed by atoms with Crippen LogP contribution in [-0.2, 0) is 16.6 Å². The second-order valence-corrected chi connectivity index (χ2v) is 7.01. The Morgan fingerprint density at radius 1 is 1.12 bits per heavy atom. The van der Waals surface area contributed by atoms with Crippen molar-refractivity contribution in [3.05, 3.63) is 53.6 Å². The third kappa shape index (κ3) is 3.96. The van der Waals surface area contributed by atoms with Crippen molar-refractivity contribution >= 4 is 17.0 Å². The molecule has 0 radical (unpaired) electrons. The first-order valence-electron chi connectivity index (χ1n) is 8.18. The Bertz CT molecular complexity index is 877. The fourth-order valence-electron chi connectivity index (χ4n) is 2.60. The summed E-state index contributed by atoms with van der Waals surface area (Å²) in [5, 5.41) is 18.2. The van der Waals surface area contributed by atoms with Crippen LogP contribution in [0.15, 0.2) is 42.5 Å². The summed E-state index contributed by atoms with van der Waals surface area (Å²) in [5.74, 6) is -0.142. The van der Waals surface area contributed by atoms with Crippen molar-refractivity contribution < 1.29 is 14.7 Å². The summed E-state index contributed by atoms with van der Waals surface area (Å²) in [4.78, 5) is 18.2. The first kappa shape index (κ1) is 17.0. The van der Waals surface area contributed by atoms with Crippen LogP contribution in [0, 0.1) is 0 Å². The molecule has 6 nitrogen and oxygen atoms in total. The number of phenolic OH excluding ortho intramolecular Hbond substituents is 1. The number of nitrogens with zero attached hydrogens (tertiary/aromatic N) is 3. The molecular weight excluding hydrogens is 318 g/mol. The fraction of sp³-hybridized carbons (Fsp3) is 0.316. The van der Waals surface area contributed by atoms with Gasteiger partial charge < -0.3 is 9.94 Å². The minimum Gasteiger partial charge on any atom is -0.508 e. The van der Waals surface area contributed by atoms with Gasteiger partial charge in [0.05, 0.1) is 6.42 Å². The third-order valence-corrected chi connectivity index (χ3v) is 3.94. The van der Waals surface area contributed by atoms with Gasteiger partial charge in [-0.15, -0.1) is 10.2 Å². The SMILES string of the molecule is CC(C)(C)c1cc(CCC(=O)On2nc3ccccc3n2)ccc1O. The highest BCUT2D eigenvalue weighted by Crippen LogP contribution is 2.31. The molecule has 0 amide bonds. The average molecular weight is 339 g/mol. The van der Waals surface area contributed by atoms with E-state index in [0.717, 1.165) is 16.1 Å². The van der Waals surface area contributed by atoms with Gasteiger partial charge in [-0.2, -0.15) is 0 Å². The lowest BCUT2D eigenvalue weighted by atomic mass is 9.85. The number of hydrogen-bond donors (Lipinski definition) is 1. The number of aryl methyl sites for hydroxylation is 1. The molecule has 0 aliphatic rings. The minimum atomic E-state index is -0.411. The molecule has 0 unspecified atom stereocenters. The molecule has 0 saturated heterocycles. The van der Waals surface area contributed by atoms with Crippen molar-refractivity contribution in [1.82, 2.24) is 15.2 Å². The molecule has 25 heavy (non-hydrogen) atoms. The van der Waals surface area contributed by atoms with Crippen LogP contribution >= 0.6 is 0 Å². The number of aromatic hydroxyl groups is 1. The zero-order valence-electron chi connectivity index (χ0n) is 14.6. The van der Waals surface area contributed by atoms with Crippen molar-refractivity contribution in [1.29, 1.82) is 0 Å². The molecule has 1 N–H and O–H groups in total. The van der Waals surface area contributed by atoms with E-state index in [0.29, 0.717) is 17.5 Å². The second kappa shape index (κ2) is 6.55. The third-order valence-electron chi connectivity index (χ3n) is 3.94. The quantitative estimate of drug-likeness (QED) is 0.790. The van der Waals surface area contributed by atoms with E-state index in [1.165, 1.54) is 0 Å². The first-order valence-corrected chi connectivity index (χ1v) is 8.18. The molecule has 2 aromatic carbocycles. The summed E-state index contributed by atoms with van der Waals surface area (Å²) in [6.45, 7) is 6.11. The number of carbonyl (C=O) groups is 1. The molecule has 0 atom stereocenters. The Kier molecular flexibility index (Phi) is 4.44. The Labute approximate surface area is 146 Å². The molecule has 3 aromatic rings. The Morgan fingerprint density at radius 3 is 2.36 bits per heavy atom. The van der Waals surface area contributed by atoms with Crippen molar-refractivity contribution in [3.63, 3.8) is 0 Å². The van der Waals surface area contributed by atoms with Crippen LogP contribution in [0.1, 0.15) is 38.3 Å². The largest absolute Gasteiger partial charge is 0.508 e. The predicted molar refractivity (Wildman–Crippen MR) is 94.2 cm³/mol. The number of phenols is 1. The van der Waals surface area contributed by atoms with Gasteiger partial charge in [0.15, 0.2) is 0 Å². The smallest absolute Gasteiger partial charge is 0.337 e. The number of rotatable bonds is 4. The van der Waals surface area contributed by atoms with Gasteiger partial charge in [0.25, 0.3) is 0 Å². The second-order valence-electron chi connectivity index (χ2n) is 7.01. The van der Waals surface area contributed by atoms with E-state index < -0.39 is 5.97 Å². The molecule has 0 spiro atoms. The number of hydrogen-bond acceptors (Lipinski definition) is 5. The first-order chi connectivity index (χ1) is 11.8. The van der Waals surface area contributed by atoms with Crippen molar-refractivity contribution in [2.45, 2.75) is 39.0 Å². The monoisotopic (exact) mass is 339 g/mol. The van der Waals surface area contributed by atoms with Gasteiger partial charge in [0.2, 0.25) is 0 Å². The minimum absolute atomic E-state index is 0.167. The van der Waals surface area contributed by atoms with E-state index in [2.05, 4.69) is 10.2 Å². The number of aromatic nitrogens is 3. The molecule has 1 aromatic heterocycles. The van der Waals surface area contributed by atoms with Gasteiger partial charge in [-0.25, -0.2) is 4.79 Å². The summed E-state index contributed by atoms with van der Waals surface area (Å²) >= 11 is 0.